The zero-order chi connectivity index (χ0) is 42.7. The number of fused-ring (bicyclic) bond motifs is 2. The van der Waals surface area contributed by atoms with Crippen molar-refractivity contribution in [3.05, 3.63) is 82.8 Å². The molecule has 60 heavy (non-hydrogen) atoms. The molecule has 2 aliphatic heterocycles. The number of hydrogen-bond donors (Lipinski definition) is 4. The third-order valence-corrected chi connectivity index (χ3v) is 12.6. The molecule has 17 heteroatoms. The van der Waals surface area contributed by atoms with E-state index in [0.717, 1.165) is 68.5 Å². The summed E-state index contributed by atoms with van der Waals surface area (Å²) in [5.41, 5.74) is -0.399. The van der Waals surface area contributed by atoms with Gasteiger partial charge in [0.15, 0.2) is 0 Å². The van der Waals surface area contributed by atoms with Gasteiger partial charge in [0, 0.05) is 53.6 Å². The van der Waals surface area contributed by atoms with Gasteiger partial charge in [0.1, 0.15) is 17.4 Å². The van der Waals surface area contributed by atoms with Gasteiger partial charge in [0.2, 0.25) is 11.8 Å². The van der Waals surface area contributed by atoms with Gasteiger partial charge < -0.3 is 20.6 Å². The van der Waals surface area contributed by atoms with Crippen LogP contribution in [0, 0.1) is 5.41 Å². The van der Waals surface area contributed by atoms with Crippen molar-refractivity contribution in [3.63, 3.8) is 0 Å². The molecule has 4 aliphatic rings. The molecule has 316 valence electrons. The van der Waals surface area contributed by atoms with Crippen LogP contribution >= 0.6 is 0 Å². The van der Waals surface area contributed by atoms with Gasteiger partial charge in [-0.1, -0.05) is 12.1 Å². The molecule has 2 aliphatic carbocycles. The van der Waals surface area contributed by atoms with E-state index in [1.165, 1.54) is 6.07 Å². The van der Waals surface area contributed by atoms with Crippen LogP contribution in [-0.2, 0) is 27.9 Å². The number of halogens is 3. The molecule has 1 unspecified atom stereocenters. The molecule has 14 nitrogen and oxygen atoms in total. The number of anilines is 2. The van der Waals surface area contributed by atoms with Gasteiger partial charge >= 0.3 is 6.18 Å². The molecular formula is C43H47F3N8O6. The van der Waals surface area contributed by atoms with Gasteiger partial charge in [-0.25, -0.2) is 4.98 Å². The summed E-state index contributed by atoms with van der Waals surface area (Å²) in [6, 6.07) is 11.2. The number of rotatable bonds is 11. The standard InChI is InChI=1S/C43H47F3N8O6/c1-41(2,60)28-20-31-24(19-32(28)49-37(56)30-9-5-10-34(48-30)43(44,45)46)23-53(51-31)18-6-17-52(3)26-13-15-42(16-14-26)21-25(22-42)47-29-8-4-7-27-36(29)40(59)54(39(27)58)33-11-12-35(55)50-38(33)57/h4-5,7-10,19-20,23,25-26,33,47,60H,6,11-18,21-22H2,1-3H3,(H,49,56)(H,50,55,57). The highest BCUT2D eigenvalue weighted by molar-refractivity contribution is 6.25. The number of hydrogen-bond acceptors (Lipinski definition) is 10. The fraction of sp³-hybridized carbons (Fsp3) is 0.465. The number of imide groups is 2. The molecule has 1 spiro atoms. The monoisotopic (exact) mass is 828 g/mol. The number of carbonyl (C=O) groups excluding carboxylic acids is 5. The fourth-order valence-electron chi connectivity index (χ4n) is 9.42. The number of piperidine rings is 1. The van der Waals surface area contributed by atoms with Crippen molar-refractivity contribution in [3.8, 4) is 0 Å². The van der Waals surface area contributed by atoms with Crippen molar-refractivity contribution < 1.29 is 42.3 Å². The van der Waals surface area contributed by atoms with Crippen LogP contribution in [0.1, 0.15) is 114 Å². The largest absolute Gasteiger partial charge is 0.433 e. The fourth-order valence-corrected chi connectivity index (χ4v) is 9.42. The summed E-state index contributed by atoms with van der Waals surface area (Å²) in [6.07, 6.45) is 4.36. The van der Waals surface area contributed by atoms with Gasteiger partial charge in [-0.2, -0.15) is 18.3 Å². The van der Waals surface area contributed by atoms with Crippen molar-refractivity contribution in [2.24, 2.45) is 5.41 Å². The van der Waals surface area contributed by atoms with Gasteiger partial charge in [-0.15, -0.1) is 0 Å². The van der Waals surface area contributed by atoms with Gasteiger partial charge in [0.05, 0.1) is 22.2 Å². The van der Waals surface area contributed by atoms with E-state index in [4.69, 9.17) is 5.10 Å². The maximum Gasteiger partial charge on any atom is 0.433 e. The van der Waals surface area contributed by atoms with Crippen LogP contribution in [0.25, 0.3) is 10.9 Å². The second-order valence-electron chi connectivity index (χ2n) is 17.3. The Kier molecular flexibility index (Phi) is 10.5. The summed E-state index contributed by atoms with van der Waals surface area (Å²) in [6.45, 7) is 4.58. The average Bonchev–Trinajstić information content (AvgIpc) is 3.70. The Morgan fingerprint density at radius 1 is 1.00 bits per heavy atom. The molecule has 5 amide bonds. The van der Waals surface area contributed by atoms with Crippen LogP contribution in [-0.4, -0.2) is 90.9 Å². The zero-order valence-electron chi connectivity index (χ0n) is 33.6. The van der Waals surface area contributed by atoms with Gasteiger partial charge in [-0.3, -0.25) is 38.9 Å². The topological polar surface area (TPSA) is 179 Å². The van der Waals surface area contributed by atoms with Crippen LogP contribution in [0.5, 0.6) is 0 Å². The third kappa shape index (κ3) is 7.99. The Morgan fingerprint density at radius 2 is 1.73 bits per heavy atom. The molecule has 2 saturated carbocycles. The molecule has 8 rings (SSSR count). The number of aryl methyl sites for hydroxylation is 1. The summed E-state index contributed by atoms with van der Waals surface area (Å²) in [7, 11) is 2.14. The van der Waals surface area contributed by atoms with E-state index in [2.05, 4.69) is 32.9 Å². The number of carbonyl (C=O) groups is 5. The van der Waals surface area contributed by atoms with Gasteiger partial charge in [0.25, 0.3) is 17.7 Å². The lowest BCUT2D eigenvalue weighted by atomic mass is 9.57. The quantitative estimate of drug-likeness (QED) is 0.134. The molecule has 4 heterocycles. The smallest absolute Gasteiger partial charge is 0.386 e. The summed E-state index contributed by atoms with van der Waals surface area (Å²) >= 11 is 0. The first kappa shape index (κ1) is 41.1. The first-order valence-corrected chi connectivity index (χ1v) is 20.3. The van der Waals surface area contributed by atoms with E-state index in [1.807, 2.05) is 10.9 Å². The van der Waals surface area contributed by atoms with Gasteiger partial charge in [-0.05, 0) is 121 Å². The minimum Gasteiger partial charge on any atom is -0.386 e. The maximum atomic E-state index is 13.5. The number of amides is 5. The van der Waals surface area contributed by atoms with Crippen LogP contribution in [0.15, 0.2) is 54.7 Å². The maximum absolute atomic E-state index is 13.5. The van der Waals surface area contributed by atoms with Crippen LogP contribution in [0.2, 0.25) is 0 Å². The lowest BCUT2D eigenvalue weighted by molar-refractivity contribution is -0.141. The van der Waals surface area contributed by atoms with Crippen molar-refractivity contribution in [2.75, 3.05) is 24.2 Å². The normalized spacial score (nSPS) is 23.3. The Bertz CT molecular complexity index is 2390. The Balaban J connectivity index is 0.829. The molecule has 2 aromatic heterocycles. The predicted octanol–water partition coefficient (Wildman–Crippen LogP) is 5.86. The summed E-state index contributed by atoms with van der Waals surface area (Å²) in [5, 5.41) is 24.7. The molecule has 4 N–H and O–H groups in total. The van der Waals surface area contributed by atoms with E-state index in [0.29, 0.717) is 34.7 Å². The average molecular weight is 829 g/mol. The third-order valence-electron chi connectivity index (χ3n) is 12.6. The van der Waals surface area contributed by atoms with E-state index in [9.17, 15) is 42.3 Å². The molecule has 4 aromatic rings. The number of benzene rings is 2. The van der Waals surface area contributed by atoms with Crippen molar-refractivity contribution >= 4 is 51.8 Å². The lowest BCUT2D eigenvalue weighted by Gasteiger charge is -2.53. The number of nitrogens with one attached hydrogen (secondary N) is 3. The highest BCUT2D eigenvalue weighted by atomic mass is 19.4. The number of nitrogens with zero attached hydrogens (tertiary/aromatic N) is 5. The molecule has 0 bridgehead atoms. The van der Waals surface area contributed by atoms with E-state index in [-0.39, 0.29) is 41.1 Å². The highest BCUT2D eigenvalue weighted by Gasteiger charge is 2.49. The lowest BCUT2D eigenvalue weighted by Crippen LogP contribution is -2.54. The predicted molar refractivity (Wildman–Crippen MR) is 214 cm³/mol. The highest BCUT2D eigenvalue weighted by Crippen LogP contribution is 2.53. The minimum absolute atomic E-state index is 0.0666. The first-order valence-electron chi connectivity index (χ1n) is 20.3. The van der Waals surface area contributed by atoms with Crippen LogP contribution in [0.4, 0.5) is 24.5 Å². The van der Waals surface area contributed by atoms with Crippen LogP contribution in [0.3, 0.4) is 0 Å². The molecular weight excluding hydrogens is 782 g/mol. The minimum atomic E-state index is -4.70. The Labute approximate surface area is 343 Å². The number of pyridine rings is 1. The summed E-state index contributed by atoms with van der Waals surface area (Å²) < 4.78 is 41.5. The molecule has 1 atom stereocenters. The second-order valence-corrected chi connectivity index (χ2v) is 17.3. The SMILES string of the molecule is CN(CCCn1cc2cc(NC(=O)c3cccc(C(F)(F)F)n3)c(C(C)(C)O)cc2n1)C1CCC2(CC1)CC(Nc1cccc3c1C(=O)N(C1CCC(=O)NC1=O)C3=O)C2. The van der Waals surface area contributed by atoms with E-state index >= 15 is 0 Å². The molecule has 3 fully saturated rings. The first-order chi connectivity index (χ1) is 28.4. The van der Waals surface area contributed by atoms with E-state index in [1.54, 1.807) is 44.2 Å². The van der Waals surface area contributed by atoms with Crippen molar-refractivity contribution in [2.45, 2.75) is 108 Å². The number of alkyl halides is 3. The van der Waals surface area contributed by atoms with Crippen molar-refractivity contribution in [1.82, 2.24) is 29.9 Å². The second kappa shape index (κ2) is 15.4. The Morgan fingerprint density at radius 3 is 2.43 bits per heavy atom. The van der Waals surface area contributed by atoms with Crippen LogP contribution < -0.4 is 16.0 Å². The molecule has 0 radical (unpaired) electrons. The summed E-state index contributed by atoms with van der Waals surface area (Å²) in [4.78, 5) is 70.9. The molecule has 1 saturated heterocycles. The zero-order valence-corrected chi connectivity index (χ0v) is 33.6. The summed E-state index contributed by atoms with van der Waals surface area (Å²) in [5.74, 6) is -2.91. The number of aliphatic hydroxyl groups is 1. The number of aromatic nitrogens is 3. The molecule has 2 aromatic carbocycles. The Hall–Kier alpha value is -5.68. The van der Waals surface area contributed by atoms with E-state index < -0.39 is 58.7 Å². The van der Waals surface area contributed by atoms with Crippen molar-refractivity contribution in [1.29, 1.82) is 0 Å².